The summed E-state index contributed by atoms with van der Waals surface area (Å²) in [5.74, 6) is -0.585. The van der Waals surface area contributed by atoms with Crippen LogP contribution < -0.4 is 4.74 Å². The molecule has 1 N–H and O–H groups in total. The van der Waals surface area contributed by atoms with Crippen molar-refractivity contribution in [2.24, 2.45) is 0 Å². The Hall–Kier alpha value is -1.75. The fourth-order valence-electron chi connectivity index (χ4n) is 1.63. The van der Waals surface area contributed by atoms with E-state index in [1.54, 1.807) is 24.3 Å². The molecule has 0 saturated carbocycles. The Balaban J connectivity index is 2.48. The molecule has 0 fully saturated rings. The minimum absolute atomic E-state index is 0.0628. The van der Waals surface area contributed by atoms with E-state index in [9.17, 15) is 9.59 Å². The molecule has 0 radical (unpaired) electrons. The van der Waals surface area contributed by atoms with Crippen molar-refractivity contribution in [3.05, 3.63) is 29.3 Å². The van der Waals surface area contributed by atoms with Crippen LogP contribution in [0.2, 0.25) is 5.02 Å². The SMILES string of the molecule is CCCN(CCC(=O)O)C(=O)COc1ccc(Cl)cc1. The third-order valence-corrected chi connectivity index (χ3v) is 2.87. The molecular formula is C14H18ClNO4. The van der Waals surface area contributed by atoms with Crippen molar-refractivity contribution in [3.63, 3.8) is 0 Å². The Labute approximate surface area is 123 Å². The highest BCUT2D eigenvalue weighted by Gasteiger charge is 2.14. The molecule has 6 heteroatoms. The first-order valence-corrected chi connectivity index (χ1v) is 6.78. The van der Waals surface area contributed by atoms with Crippen LogP contribution in [-0.4, -0.2) is 41.6 Å². The van der Waals surface area contributed by atoms with Crippen LogP contribution in [0.1, 0.15) is 19.8 Å². The quantitative estimate of drug-likeness (QED) is 0.800. The highest BCUT2D eigenvalue weighted by molar-refractivity contribution is 6.30. The summed E-state index contributed by atoms with van der Waals surface area (Å²) in [6.07, 6.45) is 0.707. The van der Waals surface area contributed by atoms with Gasteiger partial charge in [0.05, 0.1) is 6.42 Å². The first-order valence-electron chi connectivity index (χ1n) is 6.41. The fraction of sp³-hybridized carbons (Fsp3) is 0.429. The number of halogens is 1. The predicted molar refractivity (Wildman–Crippen MR) is 76.1 cm³/mol. The number of hydrogen-bond donors (Lipinski definition) is 1. The van der Waals surface area contributed by atoms with E-state index in [0.717, 1.165) is 6.42 Å². The third-order valence-electron chi connectivity index (χ3n) is 2.62. The zero-order valence-corrected chi connectivity index (χ0v) is 12.1. The number of carboxylic acid groups (broad SMARTS) is 1. The van der Waals surface area contributed by atoms with Gasteiger partial charge in [0.25, 0.3) is 5.91 Å². The molecule has 0 aromatic heterocycles. The van der Waals surface area contributed by atoms with Crippen LogP contribution in [0.25, 0.3) is 0 Å². The van der Waals surface area contributed by atoms with Crippen LogP contribution >= 0.6 is 11.6 Å². The van der Waals surface area contributed by atoms with E-state index in [4.69, 9.17) is 21.4 Å². The van der Waals surface area contributed by atoms with Crippen LogP contribution in [0.3, 0.4) is 0 Å². The summed E-state index contributed by atoms with van der Waals surface area (Å²) in [5.41, 5.74) is 0. The highest BCUT2D eigenvalue weighted by atomic mass is 35.5. The van der Waals surface area contributed by atoms with Gasteiger partial charge in [-0.2, -0.15) is 0 Å². The Kier molecular flexibility index (Phi) is 6.87. The number of rotatable bonds is 8. The molecule has 5 nitrogen and oxygen atoms in total. The smallest absolute Gasteiger partial charge is 0.305 e. The van der Waals surface area contributed by atoms with Gasteiger partial charge in [0.15, 0.2) is 6.61 Å². The zero-order valence-electron chi connectivity index (χ0n) is 11.3. The van der Waals surface area contributed by atoms with E-state index in [1.807, 2.05) is 6.92 Å². The van der Waals surface area contributed by atoms with Gasteiger partial charge >= 0.3 is 5.97 Å². The lowest BCUT2D eigenvalue weighted by Gasteiger charge is -2.21. The molecule has 0 bridgehead atoms. The predicted octanol–water partition coefficient (Wildman–Crippen LogP) is 2.43. The number of amides is 1. The topological polar surface area (TPSA) is 66.8 Å². The van der Waals surface area contributed by atoms with Gasteiger partial charge in [0.1, 0.15) is 5.75 Å². The van der Waals surface area contributed by atoms with Crippen LogP contribution in [0.5, 0.6) is 5.75 Å². The summed E-state index contributed by atoms with van der Waals surface area (Å²) in [4.78, 5) is 24.0. The molecule has 0 spiro atoms. The summed E-state index contributed by atoms with van der Waals surface area (Å²) in [6.45, 7) is 2.55. The normalized spacial score (nSPS) is 10.1. The highest BCUT2D eigenvalue weighted by Crippen LogP contribution is 2.15. The van der Waals surface area contributed by atoms with Crippen molar-refractivity contribution >= 4 is 23.5 Å². The van der Waals surface area contributed by atoms with E-state index in [2.05, 4.69) is 0 Å². The number of carbonyl (C=O) groups excluding carboxylic acids is 1. The van der Waals surface area contributed by atoms with Crippen LogP contribution in [-0.2, 0) is 9.59 Å². The lowest BCUT2D eigenvalue weighted by molar-refractivity contribution is -0.139. The maximum Gasteiger partial charge on any atom is 0.305 e. The number of benzene rings is 1. The summed E-state index contributed by atoms with van der Waals surface area (Å²) < 4.78 is 5.36. The Morgan fingerprint density at radius 2 is 1.90 bits per heavy atom. The molecule has 110 valence electrons. The van der Waals surface area contributed by atoms with Crippen molar-refractivity contribution in [2.45, 2.75) is 19.8 Å². The number of carbonyl (C=O) groups is 2. The minimum Gasteiger partial charge on any atom is -0.484 e. The van der Waals surface area contributed by atoms with E-state index in [-0.39, 0.29) is 25.5 Å². The molecule has 0 unspecified atom stereocenters. The van der Waals surface area contributed by atoms with Gasteiger partial charge in [-0.1, -0.05) is 18.5 Å². The average Bonchev–Trinajstić information content (AvgIpc) is 2.42. The minimum atomic E-state index is -0.919. The second kappa shape index (κ2) is 8.43. The maximum absolute atomic E-state index is 12.0. The summed E-state index contributed by atoms with van der Waals surface area (Å²) in [5, 5.41) is 9.26. The van der Waals surface area contributed by atoms with E-state index in [0.29, 0.717) is 17.3 Å². The van der Waals surface area contributed by atoms with Crippen LogP contribution in [0.15, 0.2) is 24.3 Å². The maximum atomic E-state index is 12.0. The summed E-state index contributed by atoms with van der Waals surface area (Å²) in [7, 11) is 0. The number of carboxylic acids is 1. The molecule has 1 aromatic carbocycles. The van der Waals surface area contributed by atoms with Gasteiger partial charge in [-0.15, -0.1) is 0 Å². The van der Waals surface area contributed by atoms with E-state index < -0.39 is 5.97 Å². The standard InChI is InChI=1S/C14H18ClNO4/c1-2-8-16(9-7-14(18)19)13(17)10-20-12-5-3-11(15)4-6-12/h3-6H,2,7-10H2,1H3,(H,18,19). The molecule has 0 saturated heterocycles. The number of hydrogen-bond acceptors (Lipinski definition) is 3. The van der Waals surface area contributed by atoms with Gasteiger partial charge < -0.3 is 14.7 Å². The Bertz CT molecular complexity index is 447. The fourth-order valence-corrected chi connectivity index (χ4v) is 1.75. The lowest BCUT2D eigenvalue weighted by Crippen LogP contribution is -2.37. The third kappa shape index (κ3) is 5.93. The lowest BCUT2D eigenvalue weighted by atomic mass is 10.3. The largest absolute Gasteiger partial charge is 0.484 e. The molecule has 0 aliphatic heterocycles. The Morgan fingerprint density at radius 1 is 1.25 bits per heavy atom. The molecule has 0 aliphatic carbocycles. The molecule has 20 heavy (non-hydrogen) atoms. The second-order valence-corrected chi connectivity index (χ2v) is 4.70. The number of ether oxygens (including phenoxy) is 1. The molecule has 1 aromatic rings. The second-order valence-electron chi connectivity index (χ2n) is 4.27. The van der Waals surface area contributed by atoms with Crippen molar-refractivity contribution in [2.75, 3.05) is 19.7 Å². The van der Waals surface area contributed by atoms with Gasteiger partial charge in [-0.05, 0) is 30.7 Å². The van der Waals surface area contributed by atoms with Crippen LogP contribution in [0.4, 0.5) is 0 Å². The molecule has 0 heterocycles. The van der Waals surface area contributed by atoms with Crippen molar-refractivity contribution in [1.29, 1.82) is 0 Å². The monoisotopic (exact) mass is 299 g/mol. The number of aliphatic carboxylic acids is 1. The molecule has 0 atom stereocenters. The van der Waals surface area contributed by atoms with Crippen molar-refractivity contribution in [1.82, 2.24) is 4.90 Å². The van der Waals surface area contributed by atoms with Gasteiger partial charge in [-0.3, -0.25) is 9.59 Å². The number of nitrogens with zero attached hydrogens (tertiary/aromatic N) is 1. The first kappa shape index (κ1) is 16.3. The van der Waals surface area contributed by atoms with Crippen molar-refractivity contribution in [3.8, 4) is 5.75 Å². The Morgan fingerprint density at radius 3 is 2.45 bits per heavy atom. The first-order chi connectivity index (χ1) is 9.52. The molecular weight excluding hydrogens is 282 g/mol. The van der Waals surface area contributed by atoms with Crippen molar-refractivity contribution < 1.29 is 19.4 Å². The van der Waals surface area contributed by atoms with Crippen LogP contribution in [0, 0.1) is 0 Å². The van der Waals surface area contributed by atoms with E-state index >= 15 is 0 Å². The summed E-state index contributed by atoms with van der Waals surface area (Å²) in [6, 6.07) is 6.71. The molecule has 1 rings (SSSR count). The van der Waals surface area contributed by atoms with Gasteiger partial charge in [0.2, 0.25) is 0 Å². The zero-order chi connectivity index (χ0) is 15.0. The van der Waals surface area contributed by atoms with E-state index in [1.165, 1.54) is 4.90 Å². The van der Waals surface area contributed by atoms with Gasteiger partial charge in [0, 0.05) is 18.1 Å². The molecule has 1 amide bonds. The average molecular weight is 300 g/mol. The summed E-state index contributed by atoms with van der Waals surface area (Å²) >= 11 is 5.75. The van der Waals surface area contributed by atoms with Gasteiger partial charge in [-0.25, -0.2) is 0 Å². The molecule has 0 aliphatic rings.